The lowest BCUT2D eigenvalue weighted by molar-refractivity contribution is -0.141. The summed E-state index contributed by atoms with van der Waals surface area (Å²) in [4.78, 5) is 97.7. The van der Waals surface area contributed by atoms with Gasteiger partial charge in [0.25, 0.3) is 5.91 Å². The van der Waals surface area contributed by atoms with Crippen molar-refractivity contribution in [1.29, 1.82) is 0 Å². The van der Waals surface area contributed by atoms with Crippen LogP contribution < -0.4 is 32.3 Å². The van der Waals surface area contributed by atoms with Crippen molar-refractivity contribution in [2.24, 2.45) is 11.7 Å². The number of hydrogen-bond donors (Lipinski definition) is 8. The standard InChI is InChI=1S/C52H62ClN7O9/c1-5-31-9-20-40(45(64)26-31)55-28-52(3,29-61)59-49(67)42-25-32-10-21-43(62)38(24-32)39-27-36(17-22-44(39)63)46(50(68)56-30(2)47(65)58-42)60(4)51(69)41(8-6-7-23-54)57-48(66)35-13-11-33(12-14-35)34-15-18-37(53)19-16-34/h10-19,21-22,24,27,29-31,40-42,46,55,62-63H,5-9,20,23,25-26,28,54H2,1-4H3,(H,56,68)(H,57,66)(H,58,65)(H,59,67). The van der Waals surface area contributed by atoms with Gasteiger partial charge in [-0.2, -0.15) is 0 Å². The van der Waals surface area contributed by atoms with Crippen molar-refractivity contribution in [2.45, 2.75) is 108 Å². The fourth-order valence-corrected chi connectivity index (χ4v) is 8.94. The number of fused-ring (bicyclic) bond motifs is 5. The lowest BCUT2D eigenvalue weighted by Crippen LogP contribution is -2.61. The molecule has 0 radical (unpaired) electrons. The number of hydrogen-bond acceptors (Lipinski definition) is 11. The highest BCUT2D eigenvalue weighted by Crippen LogP contribution is 2.39. The molecule has 1 saturated carbocycles. The van der Waals surface area contributed by atoms with E-state index < -0.39 is 65.3 Å². The van der Waals surface area contributed by atoms with Gasteiger partial charge in [-0.15, -0.1) is 0 Å². The summed E-state index contributed by atoms with van der Waals surface area (Å²) in [5, 5.41) is 37.2. The number of phenolic OH excluding ortho intramolecular Hbond substituents is 2. The predicted molar refractivity (Wildman–Crippen MR) is 262 cm³/mol. The largest absolute Gasteiger partial charge is 0.507 e. The van der Waals surface area contributed by atoms with Crippen molar-refractivity contribution in [2.75, 3.05) is 20.1 Å². The molecule has 17 heteroatoms. The molecule has 366 valence electrons. The van der Waals surface area contributed by atoms with Crippen LogP contribution >= 0.6 is 11.6 Å². The minimum atomic E-state index is -1.50. The first-order valence-electron chi connectivity index (χ1n) is 23.4. The third-order valence-electron chi connectivity index (χ3n) is 13.1. The number of aromatic hydroxyl groups is 2. The number of benzene rings is 4. The molecule has 2 aliphatic rings. The lowest BCUT2D eigenvalue weighted by atomic mass is 9.83. The van der Waals surface area contributed by atoms with Crippen LogP contribution in [0.25, 0.3) is 22.3 Å². The molecule has 9 N–H and O–H groups in total. The van der Waals surface area contributed by atoms with Crippen molar-refractivity contribution in [3.8, 4) is 33.8 Å². The highest BCUT2D eigenvalue weighted by molar-refractivity contribution is 6.30. The number of nitrogens with one attached hydrogen (secondary N) is 5. The van der Waals surface area contributed by atoms with Crippen LogP contribution in [0, 0.1) is 5.92 Å². The Kier molecular flexibility index (Phi) is 17.3. The third-order valence-corrected chi connectivity index (χ3v) is 13.3. The van der Waals surface area contributed by atoms with Crippen LogP contribution in [0.15, 0.2) is 84.9 Å². The molecule has 7 unspecified atom stereocenters. The van der Waals surface area contributed by atoms with E-state index in [1.807, 2.05) is 19.1 Å². The van der Waals surface area contributed by atoms with Gasteiger partial charge in [-0.3, -0.25) is 28.8 Å². The van der Waals surface area contributed by atoms with Gasteiger partial charge in [0, 0.05) is 48.1 Å². The number of ketones is 1. The van der Waals surface area contributed by atoms with Gasteiger partial charge in [-0.05, 0) is 129 Å². The molecule has 0 aromatic heterocycles. The van der Waals surface area contributed by atoms with Crippen LogP contribution in [0.3, 0.4) is 0 Å². The van der Waals surface area contributed by atoms with E-state index in [2.05, 4.69) is 26.6 Å². The molecule has 7 atom stereocenters. The van der Waals surface area contributed by atoms with Crippen LogP contribution in [0.2, 0.25) is 5.02 Å². The van der Waals surface area contributed by atoms with E-state index in [4.69, 9.17) is 17.3 Å². The van der Waals surface area contributed by atoms with Crippen molar-refractivity contribution in [3.05, 3.63) is 107 Å². The molecule has 6 rings (SSSR count). The number of unbranched alkanes of at least 4 members (excludes halogenated alkanes) is 1. The van der Waals surface area contributed by atoms with Gasteiger partial charge in [-0.25, -0.2) is 0 Å². The molecule has 69 heavy (non-hydrogen) atoms. The monoisotopic (exact) mass is 963 g/mol. The van der Waals surface area contributed by atoms with Gasteiger partial charge in [0.05, 0.1) is 6.04 Å². The van der Waals surface area contributed by atoms with E-state index in [0.29, 0.717) is 55.0 Å². The number of rotatable bonds is 16. The second-order valence-electron chi connectivity index (χ2n) is 18.4. The van der Waals surface area contributed by atoms with Gasteiger partial charge in [-0.1, -0.05) is 61.3 Å². The average molecular weight is 965 g/mol. The maximum absolute atomic E-state index is 14.7. The van der Waals surface area contributed by atoms with E-state index in [1.54, 1.807) is 42.5 Å². The van der Waals surface area contributed by atoms with Crippen LogP contribution in [0.4, 0.5) is 0 Å². The summed E-state index contributed by atoms with van der Waals surface area (Å²) in [5.74, 6) is -3.67. The maximum Gasteiger partial charge on any atom is 0.251 e. The second kappa shape index (κ2) is 23.1. The van der Waals surface area contributed by atoms with Gasteiger partial charge < -0.3 is 52.2 Å². The highest BCUT2D eigenvalue weighted by atomic mass is 35.5. The topological polar surface area (TPSA) is 249 Å². The van der Waals surface area contributed by atoms with Crippen molar-refractivity contribution >= 4 is 53.2 Å². The molecule has 5 amide bonds. The minimum absolute atomic E-state index is 0.0433. The SMILES string of the molecule is CCC1CCC(NCC(C)(C=O)NC(=O)C2Cc3ccc(O)c(c3)-c3cc(ccc3O)C(N(C)C(=O)C(CCCCN)NC(=O)c3ccc(-c4ccc(Cl)cc4)cc3)C(=O)NC(C)C(=O)N2)C(=O)C1. The zero-order chi connectivity index (χ0) is 50.0. The van der Waals surface area contributed by atoms with Crippen molar-refractivity contribution < 1.29 is 43.8 Å². The Morgan fingerprint density at radius 1 is 0.884 bits per heavy atom. The van der Waals surface area contributed by atoms with Crippen LogP contribution in [0.1, 0.15) is 93.2 Å². The first kappa shape index (κ1) is 51.8. The van der Waals surface area contributed by atoms with Gasteiger partial charge in [0.15, 0.2) is 0 Å². The van der Waals surface area contributed by atoms with Crippen LogP contribution in [-0.2, 0) is 35.2 Å². The van der Waals surface area contributed by atoms with E-state index in [0.717, 1.165) is 28.9 Å². The van der Waals surface area contributed by atoms with E-state index in [1.165, 1.54) is 51.2 Å². The summed E-state index contributed by atoms with van der Waals surface area (Å²) in [7, 11) is 1.39. The smallest absolute Gasteiger partial charge is 0.251 e. The molecule has 0 saturated heterocycles. The molecule has 0 spiro atoms. The number of nitrogens with zero attached hydrogens (tertiary/aromatic N) is 1. The van der Waals surface area contributed by atoms with Crippen LogP contribution in [-0.4, -0.2) is 107 Å². The number of phenols is 2. The van der Waals surface area contributed by atoms with Gasteiger partial charge in [0.1, 0.15) is 53.3 Å². The summed E-state index contributed by atoms with van der Waals surface area (Å²) in [5.41, 5.74) is 7.19. The Bertz CT molecular complexity index is 2540. The number of amides is 5. The average Bonchev–Trinajstić information content (AvgIpc) is 3.33. The first-order chi connectivity index (χ1) is 32.9. The normalized spacial score (nSPS) is 20.8. The number of nitrogens with two attached hydrogens (primary N) is 1. The number of aldehydes is 1. The second-order valence-corrected chi connectivity index (χ2v) is 18.8. The molecule has 1 fully saturated rings. The molecule has 4 aromatic carbocycles. The summed E-state index contributed by atoms with van der Waals surface area (Å²) in [6, 6.07) is 17.1. The van der Waals surface area contributed by atoms with E-state index in [-0.39, 0.29) is 58.9 Å². The molecule has 1 aliphatic heterocycles. The number of carbonyl (C=O) groups excluding carboxylic acids is 7. The van der Waals surface area contributed by atoms with Gasteiger partial charge in [0.2, 0.25) is 23.6 Å². The minimum Gasteiger partial charge on any atom is -0.507 e. The maximum atomic E-state index is 14.7. The molecule has 4 aromatic rings. The Morgan fingerprint density at radius 2 is 1.54 bits per heavy atom. The van der Waals surface area contributed by atoms with Gasteiger partial charge >= 0.3 is 0 Å². The molecule has 1 heterocycles. The van der Waals surface area contributed by atoms with Crippen LogP contribution in [0.5, 0.6) is 11.5 Å². The number of likely N-dealkylation sites (N-methyl/N-ethyl adjacent to an activating group) is 1. The molecular weight excluding hydrogens is 902 g/mol. The van der Waals surface area contributed by atoms with E-state index in [9.17, 15) is 43.8 Å². The zero-order valence-corrected chi connectivity index (χ0v) is 40.1. The third kappa shape index (κ3) is 12.9. The Labute approximate surface area is 407 Å². The summed E-state index contributed by atoms with van der Waals surface area (Å²) in [6.45, 7) is 5.23. The molecule has 1 aliphatic carbocycles. The number of halogens is 1. The summed E-state index contributed by atoms with van der Waals surface area (Å²) >= 11 is 6.06. The van der Waals surface area contributed by atoms with Crippen molar-refractivity contribution in [1.82, 2.24) is 31.5 Å². The Hall–Kier alpha value is -6.62. The number of carbonyl (C=O) groups is 7. The fourth-order valence-electron chi connectivity index (χ4n) is 8.81. The number of Topliss-reactive ketones (excluding diaryl/α,β-unsaturated/α-hetero) is 1. The first-order valence-corrected chi connectivity index (χ1v) is 23.8. The highest BCUT2D eigenvalue weighted by Gasteiger charge is 2.38. The lowest BCUT2D eigenvalue weighted by Gasteiger charge is -2.33. The molecule has 16 nitrogen and oxygen atoms in total. The van der Waals surface area contributed by atoms with E-state index >= 15 is 0 Å². The predicted octanol–water partition coefficient (Wildman–Crippen LogP) is 4.87. The Morgan fingerprint density at radius 3 is 2.17 bits per heavy atom. The summed E-state index contributed by atoms with van der Waals surface area (Å²) in [6.07, 6.45) is 4.38. The molecule has 4 bridgehead atoms. The molecular formula is C52H62ClN7O9. The fraction of sp³-hybridized carbons (Fsp3) is 0.404. The summed E-state index contributed by atoms with van der Waals surface area (Å²) < 4.78 is 0. The zero-order valence-electron chi connectivity index (χ0n) is 39.4. The quantitative estimate of drug-likeness (QED) is 0.0556. The van der Waals surface area contributed by atoms with Crippen molar-refractivity contribution in [3.63, 3.8) is 0 Å². The Balaban J connectivity index is 1.28.